The number of carbonyl (C=O) groups is 2. The van der Waals surface area contributed by atoms with Crippen molar-refractivity contribution in [2.24, 2.45) is 0 Å². The molecule has 32 heavy (non-hydrogen) atoms. The molecule has 1 saturated heterocycles. The number of halogens is 1. The van der Waals surface area contributed by atoms with E-state index in [0.29, 0.717) is 43.5 Å². The molecule has 1 aliphatic heterocycles. The normalized spacial score (nSPS) is 14.7. The van der Waals surface area contributed by atoms with Gasteiger partial charge in [0, 0.05) is 36.9 Å². The van der Waals surface area contributed by atoms with Crippen LogP contribution in [0.4, 0.5) is 5.69 Å². The van der Waals surface area contributed by atoms with E-state index in [2.05, 4.69) is 15.2 Å². The van der Waals surface area contributed by atoms with Gasteiger partial charge < -0.3 is 10.2 Å². The average Bonchev–Trinajstić information content (AvgIpc) is 3.17. The average molecular weight is 489 g/mol. The molecule has 2 amide bonds. The van der Waals surface area contributed by atoms with Crippen molar-refractivity contribution in [2.45, 2.75) is 18.2 Å². The van der Waals surface area contributed by atoms with E-state index in [4.69, 9.17) is 11.6 Å². The largest absolute Gasteiger partial charge is 0.339 e. The van der Waals surface area contributed by atoms with Crippen molar-refractivity contribution in [1.82, 2.24) is 14.8 Å². The first-order valence-corrected chi connectivity index (χ1v) is 12.6. The Bertz CT molecular complexity index is 1120. The predicted molar refractivity (Wildman–Crippen MR) is 133 cm³/mol. The molecule has 1 aliphatic rings. The monoisotopic (exact) mass is 488 g/mol. The topological polar surface area (TPSA) is 65.5 Å². The number of thiazole rings is 1. The van der Waals surface area contributed by atoms with Gasteiger partial charge in [-0.1, -0.05) is 41.6 Å². The van der Waals surface area contributed by atoms with Gasteiger partial charge in [0.15, 0.2) is 4.34 Å². The summed E-state index contributed by atoms with van der Waals surface area (Å²) >= 11 is 9.06. The van der Waals surface area contributed by atoms with Crippen LogP contribution in [0.5, 0.6) is 0 Å². The van der Waals surface area contributed by atoms with Crippen LogP contribution in [0.1, 0.15) is 11.1 Å². The van der Waals surface area contributed by atoms with Crippen molar-refractivity contribution in [3.05, 3.63) is 52.5 Å². The second-order valence-electron chi connectivity index (χ2n) is 7.85. The maximum absolute atomic E-state index is 12.6. The number of carbonyl (C=O) groups excluding carboxylic acids is 2. The Kier molecular flexibility index (Phi) is 7.35. The summed E-state index contributed by atoms with van der Waals surface area (Å²) < 4.78 is 1.94. The van der Waals surface area contributed by atoms with Crippen molar-refractivity contribution in [1.29, 1.82) is 0 Å². The number of nitrogens with zero attached hydrogens (tertiary/aromatic N) is 3. The van der Waals surface area contributed by atoms with E-state index >= 15 is 0 Å². The minimum Gasteiger partial charge on any atom is -0.339 e. The number of para-hydroxylation sites is 1. The molecule has 0 radical (unpaired) electrons. The van der Waals surface area contributed by atoms with Crippen LogP contribution in [-0.4, -0.2) is 65.1 Å². The third-order valence-corrected chi connectivity index (χ3v) is 7.89. The Balaban J connectivity index is 1.23. The fraction of sp³-hybridized carbons (Fsp3) is 0.348. The van der Waals surface area contributed by atoms with Gasteiger partial charge in [0.1, 0.15) is 0 Å². The van der Waals surface area contributed by atoms with Crippen molar-refractivity contribution in [2.75, 3.05) is 43.8 Å². The molecule has 0 spiro atoms. The number of aryl methyl sites for hydroxylation is 2. The number of hydrogen-bond acceptors (Lipinski definition) is 6. The molecule has 3 aromatic rings. The molecule has 9 heteroatoms. The fourth-order valence-electron chi connectivity index (χ4n) is 3.70. The zero-order chi connectivity index (χ0) is 22.7. The van der Waals surface area contributed by atoms with Gasteiger partial charge in [-0.2, -0.15) is 0 Å². The van der Waals surface area contributed by atoms with Crippen LogP contribution < -0.4 is 5.32 Å². The third-order valence-electron chi connectivity index (χ3n) is 5.49. The Morgan fingerprint density at radius 1 is 1.12 bits per heavy atom. The number of fused-ring (bicyclic) bond motifs is 1. The summed E-state index contributed by atoms with van der Waals surface area (Å²) in [7, 11) is 0. The zero-order valence-electron chi connectivity index (χ0n) is 18.1. The number of nitrogens with one attached hydrogen (secondary N) is 1. The zero-order valence-corrected chi connectivity index (χ0v) is 20.4. The number of benzene rings is 2. The van der Waals surface area contributed by atoms with E-state index in [9.17, 15) is 9.59 Å². The van der Waals surface area contributed by atoms with Crippen LogP contribution >= 0.6 is 34.7 Å². The molecule has 0 atom stereocenters. The molecular weight excluding hydrogens is 464 g/mol. The van der Waals surface area contributed by atoms with Gasteiger partial charge in [0.2, 0.25) is 11.8 Å². The molecular formula is C23H25ClN4O2S2. The molecule has 2 aromatic carbocycles. The number of thioether (sulfide) groups is 1. The number of aromatic nitrogens is 1. The van der Waals surface area contributed by atoms with E-state index in [-0.39, 0.29) is 11.8 Å². The van der Waals surface area contributed by atoms with Crippen LogP contribution in [0, 0.1) is 13.8 Å². The molecule has 4 rings (SSSR count). The van der Waals surface area contributed by atoms with Crippen molar-refractivity contribution in [3.8, 4) is 0 Å². The molecule has 2 heterocycles. The van der Waals surface area contributed by atoms with E-state index in [0.717, 1.165) is 31.4 Å². The Labute approximate surface area is 200 Å². The summed E-state index contributed by atoms with van der Waals surface area (Å²) in [5, 5.41) is 3.70. The van der Waals surface area contributed by atoms with Crippen molar-refractivity contribution < 1.29 is 9.59 Å². The Morgan fingerprint density at radius 3 is 2.56 bits per heavy atom. The van der Waals surface area contributed by atoms with Crippen LogP contribution in [0.25, 0.3) is 10.2 Å². The lowest BCUT2D eigenvalue weighted by Gasteiger charge is -2.34. The maximum Gasteiger partial charge on any atom is 0.238 e. The highest BCUT2D eigenvalue weighted by Gasteiger charge is 2.23. The van der Waals surface area contributed by atoms with Crippen molar-refractivity contribution in [3.63, 3.8) is 0 Å². The van der Waals surface area contributed by atoms with Crippen LogP contribution in [0.2, 0.25) is 5.02 Å². The molecule has 1 aromatic heterocycles. The van der Waals surface area contributed by atoms with Gasteiger partial charge in [0.25, 0.3) is 0 Å². The lowest BCUT2D eigenvalue weighted by Crippen LogP contribution is -2.50. The van der Waals surface area contributed by atoms with Crippen LogP contribution in [0.15, 0.2) is 40.7 Å². The van der Waals surface area contributed by atoms with Gasteiger partial charge in [-0.25, -0.2) is 4.98 Å². The van der Waals surface area contributed by atoms with Gasteiger partial charge in [0.05, 0.1) is 22.5 Å². The molecule has 1 fully saturated rings. The first kappa shape index (κ1) is 23.0. The van der Waals surface area contributed by atoms with E-state index in [1.165, 1.54) is 11.8 Å². The van der Waals surface area contributed by atoms with Crippen LogP contribution in [0.3, 0.4) is 0 Å². The number of amides is 2. The summed E-state index contributed by atoms with van der Waals surface area (Å²) in [6, 6.07) is 11.6. The predicted octanol–water partition coefficient (Wildman–Crippen LogP) is 4.44. The molecule has 0 aliphatic carbocycles. The summed E-state index contributed by atoms with van der Waals surface area (Å²) in [4.78, 5) is 33.7. The van der Waals surface area contributed by atoms with Gasteiger partial charge >= 0.3 is 0 Å². The smallest absolute Gasteiger partial charge is 0.238 e. The Hall–Kier alpha value is -2.13. The SMILES string of the molecule is Cc1cccc(C)c1NC(=O)CN1CCN(C(=O)CSc2nc3cc(Cl)ccc3s2)CC1. The highest BCUT2D eigenvalue weighted by molar-refractivity contribution is 8.01. The molecule has 0 bridgehead atoms. The lowest BCUT2D eigenvalue weighted by atomic mass is 10.1. The van der Waals surface area contributed by atoms with E-state index < -0.39 is 0 Å². The first-order chi connectivity index (χ1) is 15.4. The van der Waals surface area contributed by atoms with E-state index in [1.54, 1.807) is 11.3 Å². The quantitative estimate of drug-likeness (QED) is 0.519. The summed E-state index contributed by atoms with van der Waals surface area (Å²) in [6.07, 6.45) is 0. The van der Waals surface area contributed by atoms with Gasteiger partial charge in [-0.05, 0) is 43.2 Å². The second-order valence-corrected chi connectivity index (χ2v) is 10.5. The molecule has 0 unspecified atom stereocenters. The number of hydrogen-bond donors (Lipinski definition) is 1. The Morgan fingerprint density at radius 2 is 1.84 bits per heavy atom. The lowest BCUT2D eigenvalue weighted by molar-refractivity contribution is -0.130. The molecule has 168 valence electrons. The fourth-order valence-corrected chi connectivity index (χ4v) is 5.82. The van der Waals surface area contributed by atoms with Crippen LogP contribution in [-0.2, 0) is 9.59 Å². The number of rotatable bonds is 6. The third kappa shape index (κ3) is 5.61. The minimum atomic E-state index is -0.0197. The second kappa shape index (κ2) is 10.2. The number of piperazine rings is 1. The van der Waals surface area contributed by atoms with E-state index in [1.807, 2.05) is 55.1 Å². The van der Waals surface area contributed by atoms with Gasteiger partial charge in [-0.3, -0.25) is 14.5 Å². The highest BCUT2D eigenvalue weighted by Crippen LogP contribution is 2.31. The summed E-state index contributed by atoms with van der Waals surface area (Å²) in [5.41, 5.74) is 3.87. The molecule has 1 N–H and O–H groups in total. The summed E-state index contributed by atoms with van der Waals surface area (Å²) in [5.74, 6) is 0.446. The first-order valence-electron chi connectivity index (χ1n) is 10.4. The highest BCUT2D eigenvalue weighted by atomic mass is 35.5. The number of anilines is 1. The molecule has 6 nitrogen and oxygen atoms in total. The minimum absolute atomic E-state index is 0.0197. The van der Waals surface area contributed by atoms with Gasteiger partial charge in [-0.15, -0.1) is 11.3 Å². The maximum atomic E-state index is 12.6. The standard InChI is InChI=1S/C23H25ClN4O2S2/c1-15-4-3-5-16(2)22(15)26-20(29)13-27-8-10-28(11-9-27)21(30)14-31-23-25-18-12-17(24)6-7-19(18)32-23/h3-7,12H,8-11,13-14H2,1-2H3,(H,26,29). The molecule has 0 saturated carbocycles. The summed E-state index contributed by atoms with van der Waals surface area (Å²) in [6.45, 7) is 6.96. The van der Waals surface area contributed by atoms with Crippen molar-refractivity contribution >= 4 is 62.4 Å².